The molecule has 24 heavy (non-hydrogen) atoms. The van der Waals surface area contributed by atoms with Crippen LogP contribution >= 0.6 is 0 Å². The van der Waals surface area contributed by atoms with Crippen LogP contribution in [0.2, 0.25) is 0 Å². The molecule has 128 valence electrons. The topological polar surface area (TPSA) is 57.6 Å². The third kappa shape index (κ3) is 3.86. The molecule has 0 unspecified atom stereocenters. The van der Waals surface area contributed by atoms with Gasteiger partial charge in [0.25, 0.3) is 0 Å². The number of benzene rings is 2. The maximum atomic E-state index is 11.5. The van der Waals surface area contributed by atoms with Crippen LogP contribution < -0.4 is 0 Å². The van der Waals surface area contributed by atoms with Crippen molar-refractivity contribution in [1.82, 2.24) is 4.90 Å². The molecule has 2 aromatic rings. The van der Waals surface area contributed by atoms with Crippen molar-refractivity contribution in [1.29, 1.82) is 0 Å². The Labute approximate surface area is 143 Å². The minimum absolute atomic E-state index is 0.279. The van der Waals surface area contributed by atoms with Gasteiger partial charge in [-0.05, 0) is 42.6 Å². The van der Waals surface area contributed by atoms with Crippen LogP contribution in [0, 0.1) is 0 Å². The average Bonchev–Trinajstić information content (AvgIpc) is 3.03. The van der Waals surface area contributed by atoms with Crippen molar-refractivity contribution in [3.05, 3.63) is 65.7 Å². The molecule has 0 amide bonds. The van der Waals surface area contributed by atoms with Crippen LogP contribution in [0.5, 0.6) is 0 Å². The molecule has 0 bridgehead atoms. The van der Waals surface area contributed by atoms with Gasteiger partial charge in [0.1, 0.15) is 0 Å². The van der Waals surface area contributed by atoms with Crippen LogP contribution in [0.15, 0.2) is 59.5 Å². The Balaban J connectivity index is 1.71. The highest BCUT2D eigenvalue weighted by molar-refractivity contribution is 7.90. The monoisotopic (exact) mass is 345 g/mol. The SMILES string of the molecule is CS(=O)(=O)c1ccc([C@@H](O)CN2CCC[C@H]2c2ccccc2)cc1. The fourth-order valence-electron chi connectivity index (χ4n) is 3.36. The number of nitrogens with zero attached hydrogens (tertiary/aromatic N) is 1. The van der Waals surface area contributed by atoms with Crippen LogP contribution in [-0.4, -0.2) is 37.8 Å². The average molecular weight is 345 g/mol. The lowest BCUT2D eigenvalue weighted by molar-refractivity contribution is 0.106. The first-order valence-electron chi connectivity index (χ1n) is 8.22. The number of rotatable bonds is 5. The third-order valence-electron chi connectivity index (χ3n) is 4.65. The standard InChI is InChI=1S/C19H23NO3S/c1-24(22,23)17-11-9-16(10-12-17)19(21)14-20-13-5-8-18(20)15-6-3-2-4-7-15/h2-4,6-7,9-12,18-19,21H,5,8,13-14H2,1H3/t18-,19-/m0/s1. The van der Waals surface area contributed by atoms with Gasteiger partial charge in [-0.1, -0.05) is 42.5 Å². The first-order valence-corrected chi connectivity index (χ1v) is 10.1. The van der Waals surface area contributed by atoms with Gasteiger partial charge in [-0.15, -0.1) is 0 Å². The van der Waals surface area contributed by atoms with E-state index < -0.39 is 15.9 Å². The molecule has 0 radical (unpaired) electrons. The predicted octanol–water partition coefficient (Wildman–Crippen LogP) is 2.96. The van der Waals surface area contributed by atoms with Gasteiger partial charge in [-0.3, -0.25) is 4.90 Å². The van der Waals surface area contributed by atoms with Gasteiger partial charge < -0.3 is 5.11 Å². The van der Waals surface area contributed by atoms with Crippen LogP contribution in [0.4, 0.5) is 0 Å². The summed E-state index contributed by atoms with van der Waals surface area (Å²) in [5, 5.41) is 10.5. The van der Waals surface area contributed by atoms with Crippen molar-refractivity contribution in [2.75, 3.05) is 19.3 Å². The second kappa shape index (κ2) is 7.05. The van der Waals surface area contributed by atoms with Gasteiger partial charge in [-0.25, -0.2) is 8.42 Å². The smallest absolute Gasteiger partial charge is 0.175 e. The van der Waals surface area contributed by atoms with Gasteiger partial charge in [0.15, 0.2) is 9.84 Å². The zero-order chi connectivity index (χ0) is 17.2. The highest BCUT2D eigenvalue weighted by atomic mass is 32.2. The highest BCUT2D eigenvalue weighted by Gasteiger charge is 2.27. The molecule has 1 aliphatic heterocycles. The summed E-state index contributed by atoms with van der Waals surface area (Å²) >= 11 is 0. The summed E-state index contributed by atoms with van der Waals surface area (Å²) in [6.45, 7) is 1.52. The van der Waals surface area contributed by atoms with E-state index in [9.17, 15) is 13.5 Å². The maximum absolute atomic E-state index is 11.5. The second-order valence-electron chi connectivity index (χ2n) is 6.42. The summed E-state index contributed by atoms with van der Waals surface area (Å²) in [7, 11) is -3.20. The van der Waals surface area contributed by atoms with E-state index in [4.69, 9.17) is 0 Å². The number of hydrogen-bond donors (Lipinski definition) is 1. The fraction of sp³-hybridized carbons (Fsp3) is 0.368. The molecule has 1 fully saturated rings. The fourth-order valence-corrected chi connectivity index (χ4v) is 3.99. The van der Waals surface area contributed by atoms with Crippen LogP contribution in [0.1, 0.15) is 36.1 Å². The number of likely N-dealkylation sites (tertiary alicyclic amines) is 1. The van der Waals surface area contributed by atoms with Gasteiger partial charge >= 0.3 is 0 Å². The maximum Gasteiger partial charge on any atom is 0.175 e. The van der Waals surface area contributed by atoms with Gasteiger partial charge in [0.05, 0.1) is 11.0 Å². The lowest BCUT2D eigenvalue weighted by Gasteiger charge is -2.27. The van der Waals surface area contributed by atoms with E-state index in [1.54, 1.807) is 24.3 Å². The summed E-state index contributed by atoms with van der Waals surface area (Å²) in [4.78, 5) is 2.59. The number of sulfone groups is 1. The van der Waals surface area contributed by atoms with Crippen molar-refractivity contribution in [2.24, 2.45) is 0 Å². The van der Waals surface area contributed by atoms with Crippen molar-refractivity contribution in [2.45, 2.75) is 29.9 Å². The minimum atomic E-state index is -3.20. The molecule has 0 spiro atoms. The number of β-amino-alcohol motifs (C(OH)–C–C–N with tert-alkyl or cyclic N) is 1. The van der Waals surface area contributed by atoms with Crippen molar-refractivity contribution in [3.8, 4) is 0 Å². The molecule has 1 heterocycles. The van der Waals surface area contributed by atoms with E-state index in [1.807, 2.05) is 18.2 Å². The van der Waals surface area contributed by atoms with Crippen molar-refractivity contribution < 1.29 is 13.5 Å². The van der Waals surface area contributed by atoms with Crippen molar-refractivity contribution >= 4 is 9.84 Å². The Kier molecular flexibility index (Phi) is 5.04. The molecule has 2 atom stereocenters. The Bertz CT molecular complexity index is 772. The van der Waals surface area contributed by atoms with E-state index in [1.165, 1.54) is 11.8 Å². The summed E-state index contributed by atoms with van der Waals surface area (Å²) in [6.07, 6.45) is 2.79. The molecule has 4 nitrogen and oxygen atoms in total. The van der Waals surface area contributed by atoms with Gasteiger partial charge in [0.2, 0.25) is 0 Å². The zero-order valence-corrected chi connectivity index (χ0v) is 14.6. The molecule has 0 saturated carbocycles. The molecular weight excluding hydrogens is 322 g/mol. The lowest BCUT2D eigenvalue weighted by Crippen LogP contribution is -2.28. The molecule has 1 N–H and O–H groups in total. The van der Waals surface area contributed by atoms with Crippen molar-refractivity contribution in [3.63, 3.8) is 0 Å². The van der Waals surface area contributed by atoms with Crippen LogP contribution in [0.3, 0.4) is 0 Å². The Morgan fingerprint density at radius 2 is 1.79 bits per heavy atom. The minimum Gasteiger partial charge on any atom is -0.387 e. The summed E-state index contributed by atoms with van der Waals surface area (Å²) in [6, 6.07) is 17.3. The predicted molar refractivity (Wildman–Crippen MR) is 94.5 cm³/mol. The van der Waals surface area contributed by atoms with E-state index in [-0.39, 0.29) is 4.90 Å². The second-order valence-corrected chi connectivity index (χ2v) is 8.44. The first kappa shape index (κ1) is 17.1. The van der Waals surface area contributed by atoms with E-state index in [0.29, 0.717) is 12.6 Å². The van der Waals surface area contributed by atoms with E-state index >= 15 is 0 Å². The molecule has 1 saturated heterocycles. The van der Waals surface area contributed by atoms with Gasteiger partial charge in [0, 0.05) is 18.8 Å². The molecule has 0 aliphatic carbocycles. The number of aliphatic hydroxyl groups is 1. The molecule has 3 rings (SSSR count). The lowest BCUT2D eigenvalue weighted by atomic mass is 10.0. The van der Waals surface area contributed by atoms with E-state index in [0.717, 1.165) is 24.9 Å². The normalized spacial score (nSPS) is 20.2. The summed E-state index contributed by atoms with van der Waals surface area (Å²) < 4.78 is 23.0. The number of hydrogen-bond acceptors (Lipinski definition) is 4. The molecule has 2 aromatic carbocycles. The molecular formula is C19H23NO3S. The Morgan fingerprint density at radius 3 is 2.42 bits per heavy atom. The van der Waals surface area contributed by atoms with Crippen LogP contribution in [-0.2, 0) is 9.84 Å². The highest BCUT2D eigenvalue weighted by Crippen LogP contribution is 2.33. The largest absolute Gasteiger partial charge is 0.387 e. The molecule has 0 aromatic heterocycles. The first-order chi connectivity index (χ1) is 11.4. The Morgan fingerprint density at radius 1 is 1.12 bits per heavy atom. The third-order valence-corrected chi connectivity index (χ3v) is 5.78. The molecule has 1 aliphatic rings. The summed E-state index contributed by atoms with van der Waals surface area (Å²) in [5.74, 6) is 0. The summed E-state index contributed by atoms with van der Waals surface area (Å²) in [5.41, 5.74) is 2.04. The molecule has 5 heteroatoms. The van der Waals surface area contributed by atoms with Crippen LogP contribution in [0.25, 0.3) is 0 Å². The quantitative estimate of drug-likeness (QED) is 0.905. The Hall–Kier alpha value is -1.69. The number of aliphatic hydroxyl groups excluding tert-OH is 1. The van der Waals surface area contributed by atoms with E-state index in [2.05, 4.69) is 17.0 Å². The zero-order valence-electron chi connectivity index (χ0n) is 13.8. The van der Waals surface area contributed by atoms with Gasteiger partial charge in [-0.2, -0.15) is 0 Å².